The summed E-state index contributed by atoms with van der Waals surface area (Å²) in [7, 11) is 0. The summed E-state index contributed by atoms with van der Waals surface area (Å²) in [4.78, 5) is 4.04. The average Bonchev–Trinajstić information content (AvgIpc) is 3.33. The van der Waals surface area contributed by atoms with Crippen LogP contribution in [0.15, 0.2) is 29.2 Å². The molecule has 1 heterocycles. The van der Waals surface area contributed by atoms with E-state index in [0.717, 1.165) is 6.04 Å². The summed E-state index contributed by atoms with van der Waals surface area (Å²) >= 11 is 1.81. The Bertz CT molecular complexity index is 419. The van der Waals surface area contributed by atoms with E-state index < -0.39 is 0 Å². The molecule has 1 aromatic rings. The Hall–Kier alpha value is -0.510. The minimum atomic E-state index is 0.461. The molecule has 20 heavy (non-hydrogen) atoms. The molecule has 2 nitrogen and oxygen atoms in total. The Labute approximate surface area is 127 Å². The fourth-order valence-electron chi connectivity index (χ4n) is 3.21. The van der Waals surface area contributed by atoms with Crippen molar-refractivity contribution in [3.8, 4) is 0 Å². The lowest BCUT2D eigenvalue weighted by molar-refractivity contribution is 0.184. The number of likely N-dealkylation sites (tertiary alicyclic amines) is 1. The van der Waals surface area contributed by atoms with E-state index in [-0.39, 0.29) is 0 Å². The first kappa shape index (κ1) is 14.4. The van der Waals surface area contributed by atoms with Crippen LogP contribution in [0, 0.1) is 0 Å². The number of hydrogen-bond acceptors (Lipinski definition) is 3. The lowest BCUT2D eigenvalue weighted by Crippen LogP contribution is -2.44. The van der Waals surface area contributed by atoms with Gasteiger partial charge in [0.05, 0.1) is 0 Å². The topological polar surface area (TPSA) is 15.3 Å². The van der Waals surface area contributed by atoms with Crippen molar-refractivity contribution in [2.24, 2.45) is 0 Å². The van der Waals surface area contributed by atoms with Gasteiger partial charge in [-0.2, -0.15) is 0 Å². The van der Waals surface area contributed by atoms with Crippen LogP contribution in [0.3, 0.4) is 0 Å². The van der Waals surface area contributed by atoms with Crippen LogP contribution in [-0.2, 0) is 0 Å². The van der Waals surface area contributed by atoms with Crippen LogP contribution in [0.5, 0.6) is 0 Å². The van der Waals surface area contributed by atoms with Crippen molar-refractivity contribution in [1.82, 2.24) is 10.2 Å². The SMILES string of the molecule is CSc1ccc(C(C)NC2CCN(C3CC3)CC2)cc1. The van der Waals surface area contributed by atoms with E-state index in [4.69, 9.17) is 0 Å². The van der Waals surface area contributed by atoms with E-state index >= 15 is 0 Å². The summed E-state index contributed by atoms with van der Waals surface area (Å²) < 4.78 is 0. The third kappa shape index (κ3) is 3.57. The molecule has 1 unspecified atom stereocenters. The predicted molar refractivity (Wildman–Crippen MR) is 87.4 cm³/mol. The molecule has 0 aromatic heterocycles. The van der Waals surface area contributed by atoms with Gasteiger partial charge >= 0.3 is 0 Å². The minimum absolute atomic E-state index is 0.461. The van der Waals surface area contributed by atoms with Gasteiger partial charge in [-0.15, -0.1) is 11.8 Å². The zero-order valence-electron chi connectivity index (χ0n) is 12.6. The monoisotopic (exact) mass is 290 g/mol. The van der Waals surface area contributed by atoms with Crippen LogP contribution in [0.4, 0.5) is 0 Å². The number of piperidine rings is 1. The highest BCUT2D eigenvalue weighted by Crippen LogP contribution is 2.29. The zero-order chi connectivity index (χ0) is 13.9. The number of nitrogens with zero attached hydrogens (tertiary/aromatic N) is 1. The third-order valence-corrected chi connectivity index (χ3v) is 5.44. The van der Waals surface area contributed by atoms with Gasteiger partial charge in [0.1, 0.15) is 0 Å². The predicted octanol–water partition coefficient (Wildman–Crippen LogP) is 3.69. The molecule has 3 heteroatoms. The van der Waals surface area contributed by atoms with E-state index in [9.17, 15) is 0 Å². The van der Waals surface area contributed by atoms with Crippen molar-refractivity contribution in [3.05, 3.63) is 29.8 Å². The van der Waals surface area contributed by atoms with Crippen molar-refractivity contribution < 1.29 is 0 Å². The van der Waals surface area contributed by atoms with E-state index in [2.05, 4.69) is 47.7 Å². The second kappa shape index (κ2) is 6.50. The van der Waals surface area contributed by atoms with Gasteiger partial charge in [-0.25, -0.2) is 0 Å². The van der Waals surface area contributed by atoms with Crippen molar-refractivity contribution in [3.63, 3.8) is 0 Å². The quantitative estimate of drug-likeness (QED) is 0.833. The molecule has 1 atom stereocenters. The molecule has 0 radical (unpaired) electrons. The van der Waals surface area contributed by atoms with E-state index in [1.54, 1.807) is 0 Å². The Morgan fingerprint density at radius 3 is 2.30 bits per heavy atom. The molecule has 0 spiro atoms. The van der Waals surface area contributed by atoms with E-state index in [0.29, 0.717) is 12.1 Å². The van der Waals surface area contributed by atoms with Crippen LogP contribution >= 0.6 is 11.8 Å². The third-order valence-electron chi connectivity index (χ3n) is 4.69. The molecule has 1 saturated carbocycles. The van der Waals surface area contributed by atoms with Gasteiger partial charge in [0.25, 0.3) is 0 Å². The number of benzene rings is 1. The number of hydrogen-bond donors (Lipinski definition) is 1. The Morgan fingerprint density at radius 2 is 1.75 bits per heavy atom. The second-order valence-electron chi connectivity index (χ2n) is 6.20. The molecule has 0 amide bonds. The Kier molecular flexibility index (Phi) is 4.69. The average molecular weight is 290 g/mol. The largest absolute Gasteiger partial charge is 0.307 e. The van der Waals surface area contributed by atoms with Crippen LogP contribution in [0.25, 0.3) is 0 Å². The van der Waals surface area contributed by atoms with Gasteiger partial charge in [-0.3, -0.25) is 0 Å². The number of rotatable bonds is 5. The lowest BCUT2D eigenvalue weighted by Gasteiger charge is -2.34. The van der Waals surface area contributed by atoms with E-state index in [1.807, 2.05) is 11.8 Å². The number of thioether (sulfide) groups is 1. The van der Waals surface area contributed by atoms with Crippen LogP contribution in [-0.4, -0.2) is 36.3 Å². The van der Waals surface area contributed by atoms with Gasteiger partial charge in [0.2, 0.25) is 0 Å². The first-order valence-corrected chi connectivity index (χ1v) is 9.13. The molecule has 1 aliphatic heterocycles. The van der Waals surface area contributed by atoms with Gasteiger partial charge in [0.15, 0.2) is 0 Å². The molecule has 1 saturated heterocycles. The summed E-state index contributed by atoms with van der Waals surface area (Å²) in [6.07, 6.45) is 7.63. The summed E-state index contributed by atoms with van der Waals surface area (Å²) in [6.45, 7) is 4.88. The molecule has 2 aliphatic rings. The van der Waals surface area contributed by atoms with Gasteiger partial charge in [0, 0.05) is 23.0 Å². The highest BCUT2D eigenvalue weighted by atomic mass is 32.2. The summed E-state index contributed by atoms with van der Waals surface area (Å²) in [5.74, 6) is 0. The van der Waals surface area contributed by atoms with Crippen LogP contribution in [0.2, 0.25) is 0 Å². The lowest BCUT2D eigenvalue weighted by atomic mass is 10.0. The molecule has 1 aliphatic carbocycles. The molecule has 1 aromatic carbocycles. The molecular formula is C17H26N2S. The van der Waals surface area contributed by atoms with Crippen molar-refractivity contribution in [2.75, 3.05) is 19.3 Å². The molecule has 0 bridgehead atoms. The molecule has 2 fully saturated rings. The van der Waals surface area contributed by atoms with Gasteiger partial charge in [-0.1, -0.05) is 12.1 Å². The summed E-state index contributed by atoms with van der Waals surface area (Å²) in [5.41, 5.74) is 1.41. The Morgan fingerprint density at radius 1 is 1.10 bits per heavy atom. The summed E-state index contributed by atoms with van der Waals surface area (Å²) in [6, 6.07) is 11.1. The second-order valence-corrected chi connectivity index (χ2v) is 7.08. The van der Waals surface area contributed by atoms with Crippen LogP contribution < -0.4 is 5.32 Å². The first-order chi connectivity index (χ1) is 9.76. The maximum atomic E-state index is 3.82. The van der Waals surface area contributed by atoms with E-state index in [1.165, 1.54) is 49.2 Å². The fraction of sp³-hybridized carbons (Fsp3) is 0.647. The molecular weight excluding hydrogens is 264 g/mol. The molecule has 3 rings (SSSR count). The smallest absolute Gasteiger partial charge is 0.0294 e. The number of nitrogens with one attached hydrogen (secondary N) is 1. The van der Waals surface area contributed by atoms with Gasteiger partial charge < -0.3 is 10.2 Å². The van der Waals surface area contributed by atoms with Crippen molar-refractivity contribution in [1.29, 1.82) is 0 Å². The standard InChI is InChI=1S/C17H26N2S/c1-13(14-3-7-17(20-2)8-4-14)18-15-9-11-19(12-10-15)16-5-6-16/h3-4,7-8,13,15-16,18H,5-6,9-12H2,1-2H3. The maximum Gasteiger partial charge on any atom is 0.0294 e. The molecule has 1 N–H and O–H groups in total. The van der Waals surface area contributed by atoms with Gasteiger partial charge in [-0.05, 0) is 69.6 Å². The Balaban J connectivity index is 1.49. The van der Waals surface area contributed by atoms with Crippen molar-refractivity contribution in [2.45, 2.75) is 55.6 Å². The first-order valence-electron chi connectivity index (χ1n) is 7.90. The molecule has 110 valence electrons. The fourth-order valence-corrected chi connectivity index (χ4v) is 3.62. The normalized spacial score (nSPS) is 22.9. The maximum absolute atomic E-state index is 3.82. The highest BCUT2D eigenvalue weighted by molar-refractivity contribution is 7.98. The van der Waals surface area contributed by atoms with Crippen LogP contribution in [0.1, 0.15) is 44.2 Å². The summed E-state index contributed by atoms with van der Waals surface area (Å²) in [5, 5.41) is 3.82. The zero-order valence-corrected chi connectivity index (χ0v) is 13.5. The van der Waals surface area contributed by atoms with Crippen molar-refractivity contribution >= 4 is 11.8 Å². The minimum Gasteiger partial charge on any atom is -0.307 e. The highest BCUT2D eigenvalue weighted by Gasteiger charge is 2.31.